The zero-order valence-electron chi connectivity index (χ0n) is 13.0. The molecule has 0 saturated carbocycles. The van der Waals surface area contributed by atoms with Gasteiger partial charge in [0.05, 0.1) is 11.5 Å². The molecule has 1 rings (SSSR count). The molecule has 0 aromatic carbocycles. The first-order valence-electron chi connectivity index (χ1n) is 6.55. The number of aromatic nitrogens is 1. The van der Waals surface area contributed by atoms with Gasteiger partial charge >= 0.3 is 0 Å². The lowest BCUT2D eigenvalue weighted by Crippen LogP contribution is -2.23. The van der Waals surface area contributed by atoms with Gasteiger partial charge in [-0.1, -0.05) is 34.8 Å². The van der Waals surface area contributed by atoms with Crippen LogP contribution in [0.5, 0.6) is 0 Å². The summed E-state index contributed by atoms with van der Waals surface area (Å²) in [5.41, 5.74) is -0.577. The van der Waals surface area contributed by atoms with Crippen molar-refractivity contribution in [3.63, 3.8) is 0 Å². The number of thiocarbonyl (C=S) groups is 1. The van der Waals surface area contributed by atoms with Crippen LogP contribution < -0.4 is 0 Å². The van der Waals surface area contributed by atoms with E-state index in [9.17, 15) is 14.9 Å². The molecule has 0 aliphatic heterocycles. The summed E-state index contributed by atoms with van der Waals surface area (Å²) in [6, 6.07) is 1.06. The Hall–Kier alpha value is -1.22. The van der Waals surface area contributed by atoms with Gasteiger partial charge < -0.3 is 9.64 Å². The zero-order chi connectivity index (χ0) is 18.7. The average molecular weight is 415 g/mol. The summed E-state index contributed by atoms with van der Waals surface area (Å²) in [6.07, 6.45) is -0.0270. The van der Waals surface area contributed by atoms with Gasteiger partial charge in [-0.3, -0.25) is 14.9 Å². The van der Waals surface area contributed by atoms with Crippen LogP contribution in [0.25, 0.3) is 0 Å². The molecular weight excluding hydrogens is 401 g/mol. The number of nitro groups is 1. The predicted molar refractivity (Wildman–Crippen MR) is 96.0 cm³/mol. The number of rotatable bonds is 5. The molecule has 1 aromatic heterocycles. The molecule has 0 amide bonds. The van der Waals surface area contributed by atoms with E-state index in [1.165, 1.54) is 6.92 Å². The van der Waals surface area contributed by atoms with Gasteiger partial charge in [0.2, 0.25) is 3.79 Å². The fourth-order valence-electron chi connectivity index (χ4n) is 1.72. The highest BCUT2D eigenvalue weighted by Gasteiger charge is 2.35. The van der Waals surface area contributed by atoms with Gasteiger partial charge in [-0.25, -0.2) is 4.98 Å². The molecular formula is C13H14Cl3N3O4S. The summed E-state index contributed by atoms with van der Waals surface area (Å²) in [5.74, 6) is -0.388. The SMILES string of the molecule is Cc1nc(C(Cl)(Cl)Cl)c([N+](=O)[O-])cc1C(=O)CCOC(=S)N(C)C. The Bertz CT molecular complexity index is 677. The van der Waals surface area contributed by atoms with E-state index in [2.05, 4.69) is 4.98 Å². The number of carbonyl (C=O) groups excluding carboxylic acids is 1. The molecule has 1 aromatic rings. The van der Waals surface area contributed by atoms with Gasteiger partial charge in [0.25, 0.3) is 10.9 Å². The lowest BCUT2D eigenvalue weighted by atomic mass is 10.1. The van der Waals surface area contributed by atoms with Crippen LogP contribution in [-0.2, 0) is 8.53 Å². The van der Waals surface area contributed by atoms with Crippen LogP contribution in [-0.4, -0.2) is 46.5 Å². The van der Waals surface area contributed by atoms with Crippen molar-refractivity contribution in [2.75, 3.05) is 20.7 Å². The Kier molecular flexibility index (Phi) is 7.15. The van der Waals surface area contributed by atoms with E-state index < -0.39 is 14.4 Å². The predicted octanol–water partition coefficient (Wildman–Crippen LogP) is 3.56. The Morgan fingerprint density at radius 2 is 2.04 bits per heavy atom. The van der Waals surface area contributed by atoms with Gasteiger partial charge in [-0.15, -0.1) is 0 Å². The van der Waals surface area contributed by atoms with Crippen LogP contribution in [0.2, 0.25) is 0 Å². The number of pyridine rings is 1. The minimum Gasteiger partial charge on any atom is -0.470 e. The number of carbonyl (C=O) groups is 1. The highest BCUT2D eigenvalue weighted by molar-refractivity contribution is 7.80. The van der Waals surface area contributed by atoms with Gasteiger partial charge in [-0.2, -0.15) is 0 Å². The summed E-state index contributed by atoms with van der Waals surface area (Å²) < 4.78 is 3.14. The third kappa shape index (κ3) is 5.41. The lowest BCUT2D eigenvalue weighted by Gasteiger charge is -2.15. The van der Waals surface area contributed by atoms with Gasteiger partial charge in [-0.05, 0) is 19.1 Å². The first-order valence-corrected chi connectivity index (χ1v) is 8.10. The van der Waals surface area contributed by atoms with Crippen molar-refractivity contribution in [3.05, 3.63) is 33.1 Å². The third-order valence-electron chi connectivity index (χ3n) is 2.88. The highest BCUT2D eigenvalue weighted by atomic mass is 35.6. The Labute approximate surface area is 159 Å². The standard InChI is InChI=1S/C13H14Cl3N3O4S/c1-7-8(10(20)4-5-23-12(24)18(2)3)6-9(19(21)22)11(17-7)13(14,15)16/h6H,4-5H2,1-3H3. The third-order valence-corrected chi connectivity index (χ3v) is 3.90. The number of hydrogen-bond donors (Lipinski definition) is 0. The van der Waals surface area contributed by atoms with E-state index in [1.54, 1.807) is 19.0 Å². The molecule has 0 aliphatic carbocycles. The first-order chi connectivity index (χ1) is 10.9. The van der Waals surface area contributed by atoms with Crippen molar-refractivity contribution in [2.45, 2.75) is 17.1 Å². The molecule has 24 heavy (non-hydrogen) atoms. The molecule has 7 nitrogen and oxygen atoms in total. The lowest BCUT2D eigenvalue weighted by molar-refractivity contribution is -0.386. The first kappa shape index (κ1) is 20.8. The number of aryl methyl sites for hydroxylation is 1. The highest BCUT2D eigenvalue weighted by Crippen LogP contribution is 2.42. The Morgan fingerprint density at radius 3 is 2.50 bits per heavy atom. The van der Waals surface area contributed by atoms with Crippen molar-refractivity contribution in [1.29, 1.82) is 0 Å². The smallest absolute Gasteiger partial charge is 0.295 e. The largest absolute Gasteiger partial charge is 0.470 e. The van der Waals surface area contributed by atoms with Crippen LogP contribution in [0.1, 0.15) is 28.2 Å². The topological polar surface area (TPSA) is 85.6 Å². The molecule has 0 spiro atoms. The quantitative estimate of drug-likeness (QED) is 0.239. The van der Waals surface area contributed by atoms with Crippen molar-refractivity contribution in [1.82, 2.24) is 9.88 Å². The molecule has 132 valence electrons. The second-order valence-electron chi connectivity index (χ2n) is 4.93. The van der Waals surface area contributed by atoms with E-state index in [-0.39, 0.29) is 40.9 Å². The molecule has 0 N–H and O–H groups in total. The molecule has 0 radical (unpaired) electrons. The number of ketones is 1. The van der Waals surface area contributed by atoms with Crippen molar-refractivity contribution < 1.29 is 14.5 Å². The number of nitrogens with zero attached hydrogens (tertiary/aromatic N) is 3. The van der Waals surface area contributed by atoms with E-state index in [0.29, 0.717) is 0 Å². The fourth-order valence-corrected chi connectivity index (χ4v) is 2.22. The maximum absolute atomic E-state index is 12.3. The van der Waals surface area contributed by atoms with E-state index in [1.807, 2.05) is 0 Å². The van der Waals surface area contributed by atoms with Crippen LogP contribution >= 0.6 is 47.0 Å². The summed E-state index contributed by atoms with van der Waals surface area (Å²) in [5, 5.41) is 11.4. The van der Waals surface area contributed by atoms with Gasteiger partial charge in [0.15, 0.2) is 11.5 Å². The summed E-state index contributed by atoms with van der Waals surface area (Å²) in [6.45, 7) is 1.54. The summed E-state index contributed by atoms with van der Waals surface area (Å²) in [7, 11) is 3.41. The average Bonchev–Trinajstić information content (AvgIpc) is 2.45. The number of hydrogen-bond acceptors (Lipinski definition) is 6. The fraction of sp³-hybridized carbons (Fsp3) is 0.462. The maximum Gasteiger partial charge on any atom is 0.295 e. The van der Waals surface area contributed by atoms with Crippen LogP contribution in [0.15, 0.2) is 6.07 Å². The van der Waals surface area contributed by atoms with Crippen molar-refractivity contribution in [3.8, 4) is 0 Å². The number of ether oxygens (including phenoxy) is 1. The number of Topliss-reactive ketones (excluding diaryl/α,β-unsaturated/α-hetero) is 1. The zero-order valence-corrected chi connectivity index (χ0v) is 16.1. The Balaban J connectivity index is 3.04. The molecule has 0 unspecified atom stereocenters. The minimum absolute atomic E-state index is 0.0270. The van der Waals surface area contributed by atoms with Crippen molar-refractivity contribution in [2.24, 2.45) is 0 Å². The molecule has 0 aliphatic rings. The monoisotopic (exact) mass is 413 g/mol. The molecule has 0 saturated heterocycles. The minimum atomic E-state index is -2.07. The van der Waals surface area contributed by atoms with Crippen molar-refractivity contribution >= 4 is 63.7 Å². The number of halogens is 3. The molecule has 1 heterocycles. The van der Waals surface area contributed by atoms with Crippen LogP contribution in [0.3, 0.4) is 0 Å². The summed E-state index contributed by atoms with van der Waals surface area (Å²) >= 11 is 22.0. The normalized spacial score (nSPS) is 11.1. The van der Waals surface area contributed by atoms with Crippen LogP contribution in [0, 0.1) is 17.0 Å². The summed E-state index contributed by atoms with van der Waals surface area (Å²) in [4.78, 5) is 28.2. The molecule has 0 bridgehead atoms. The molecule has 11 heteroatoms. The second-order valence-corrected chi connectivity index (χ2v) is 7.56. The van der Waals surface area contributed by atoms with Crippen LogP contribution in [0.4, 0.5) is 5.69 Å². The van der Waals surface area contributed by atoms with Gasteiger partial charge in [0, 0.05) is 37.8 Å². The molecule has 0 atom stereocenters. The van der Waals surface area contributed by atoms with E-state index >= 15 is 0 Å². The van der Waals surface area contributed by atoms with E-state index in [0.717, 1.165) is 6.07 Å². The number of alkyl halides is 3. The van der Waals surface area contributed by atoms with E-state index in [4.69, 9.17) is 51.8 Å². The molecule has 0 fully saturated rings. The Morgan fingerprint density at radius 1 is 1.46 bits per heavy atom. The second kappa shape index (κ2) is 8.24. The van der Waals surface area contributed by atoms with Gasteiger partial charge in [0.1, 0.15) is 0 Å². The maximum atomic E-state index is 12.3.